The van der Waals surface area contributed by atoms with E-state index in [1.807, 2.05) is 0 Å². The number of pyridine rings is 1. The summed E-state index contributed by atoms with van der Waals surface area (Å²) in [5.41, 5.74) is 0.514. The summed E-state index contributed by atoms with van der Waals surface area (Å²) in [5.74, 6) is 1.05. The van der Waals surface area contributed by atoms with Crippen LogP contribution in [0.4, 0.5) is 0 Å². The highest BCUT2D eigenvalue weighted by Gasteiger charge is 2.17. The number of nitrogens with zero attached hydrogens (tertiary/aromatic N) is 3. The molecular formula is C13H17N3O. The second kappa shape index (κ2) is 5.65. The largest absolute Gasteiger partial charge is 0.476 e. The number of hydrogen-bond donors (Lipinski definition) is 0. The minimum atomic E-state index is 0.467. The van der Waals surface area contributed by atoms with E-state index in [2.05, 4.69) is 23.0 Å². The number of rotatable bonds is 3. The van der Waals surface area contributed by atoms with Crippen LogP contribution in [0.5, 0.6) is 5.88 Å². The van der Waals surface area contributed by atoms with E-state index in [-0.39, 0.29) is 0 Å². The Bertz CT molecular complexity index is 405. The lowest BCUT2D eigenvalue weighted by molar-refractivity contribution is 0.157. The molecule has 0 saturated carbocycles. The number of aromatic nitrogens is 1. The molecule has 1 aliphatic rings. The van der Waals surface area contributed by atoms with Gasteiger partial charge in [0.1, 0.15) is 11.6 Å². The summed E-state index contributed by atoms with van der Waals surface area (Å²) >= 11 is 0. The number of nitriles is 1. The third-order valence-electron chi connectivity index (χ3n) is 3.19. The zero-order valence-electron chi connectivity index (χ0n) is 10.1. The lowest BCUT2D eigenvalue weighted by Crippen LogP contribution is -2.32. The first-order valence-corrected chi connectivity index (χ1v) is 5.96. The van der Waals surface area contributed by atoms with Crippen LogP contribution < -0.4 is 4.74 Å². The fraction of sp³-hybridized carbons (Fsp3) is 0.538. The molecular weight excluding hydrogens is 214 g/mol. The van der Waals surface area contributed by atoms with E-state index in [9.17, 15) is 0 Å². The fourth-order valence-corrected chi connectivity index (χ4v) is 2.02. The van der Waals surface area contributed by atoms with Crippen molar-refractivity contribution in [3.8, 4) is 11.9 Å². The maximum Gasteiger partial charge on any atom is 0.231 e. The Morgan fingerprint density at radius 1 is 1.53 bits per heavy atom. The topological polar surface area (TPSA) is 49.1 Å². The summed E-state index contributed by atoms with van der Waals surface area (Å²) in [6, 6.07) is 5.58. The molecule has 0 unspecified atom stereocenters. The van der Waals surface area contributed by atoms with Gasteiger partial charge in [-0.2, -0.15) is 5.26 Å². The van der Waals surface area contributed by atoms with Crippen LogP contribution in [0.3, 0.4) is 0 Å². The number of piperidine rings is 1. The van der Waals surface area contributed by atoms with Crippen LogP contribution >= 0.6 is 0 Å². The first-order valence-electron chi connectivity index (χ1n) is 5.96. The third kappa shape index (κ3) is 3.18. The summed E-state index contributed by atoms with van der Waals surface area (Å²) in [6.07, 6.45) is 3.97. The highest BCUT2D eigenvalue weighted by atomic mass is 16.5. The average Bonchev–Trinajstić information content (AvgIpc) is 2.38. The minimum absolute atomic E-state index is 0.467. The van der Waals surface area contributed by atoms with Gasteiger partial charge >= 0.3 is 0 Å². The predicted octanol–water partition coefficient (Wildman–Crippen LogP) is 1.67. The van der Waals surface area contributed by atoms with E-state index >= 15 is 0 Å². The van der Waals surface area contributed by atoms with Gasteiger partial charge in [-0.1, -0.05) is 0 Å². The Kier molecular flexibility index (Phi) is 3.94. The van der Waals surface area contributed by atoms with Crippen LogP contribution in [-0.4, -0.2) is 36.6 Å². The highest BCUT2D eigenvalue weighted by Crippen LogP contribution is 2.19. The molecule has 1 aromatic rings. The Morgan fingerprint density at radius 3 is 3.00 bits per heavy atom. The Labute approximate surface area is 102 Å². The predicted molar refractivity (Wildman–Crippen MR) is 64.7 cm³/mol. The zero-order valence-corrected chi connectivity index (χ0v) is 10.1. The van der Waals surface area contributed by atoms with Crippen LogP contribution in [0.2, 0.25) is 0 Å². The molecule has 0 bridgehead atoms. The molecule has 2 heterocycles. The Hall–Kier alpha value is -1.60. The first kappa shape index (κ1) is 11.9. The number of hydrogen-bond acceptors (Lipinski definition) is 4. The van der Waals surface area contributed by atoms with Gasteiger partial charge in [0, 0.05) is 6.20 Å². The van der Waals surface area contributed by atoms with Crippen LogP contribution in [0.25, 0.3) is 0 Å². The molecule has 2 rings (SSSR count). The highest BCUT2D eigenvalue weighted by molar-refractivity contribution is 5.36. The molecule has 0 spiro atoms. The molecule has 1 fully saturated rings. The molecule has 0 aromatic carbocycles. The molecule has 4 nitrogen and oxygen atoms in total. The second-order valence-corrected chi connectivity index (χ2v) is 4.53. The van der Waals surface area contributed by atoms with E-state index in [4.69, 9.17) is 10.00 Å². The molecule has 0 radical (unpaired) electrons. The summed E-state index contributed by atoms with van der Waals surface area (Å²) in [4.78, 5) is 6.43. The second-order valence-electron chi connectivity index (χ2n) is 4.53. The lowest BCUT2D eigenvalue weighted by atomic mass is 9.98. The molecule has 0 amide bonds. The van der Waals surface area contributed by atoms with Gasteiger partial charge in [-0.05, 0) is 51.0 Å². The smallest absolute Gasteiger partial charge is 0.231 e. The minimum Gasteiger partial charge on any atom is -0.476 e. The standard InChI is InChI=1S/C13H17N3O/c1-16-7-4-11(5-8-16)10-17-13-12(9-14)3-2-6-15-13/h2-3,6,11H,4-5,7-8,10H2,1H3. The Morgan fingerprint density at radius 2 is 2.29 bits per heavy atom. The van der Waals surface area contributed by atoms with Crippen molar-refractivity contribution in [3.63, 3.8) is 0 Å². The molecule has 4 heteroatoms. The fourth-order valence-electron chi connectivity index (χ4n) is 2.02. The monoisotopic (exact) mass is 231 g/mol. The van der Waals surface area contributed by atoms with Crippen molar-refractivity contribution in [1.82, 2.24) is 9.88 Å². The molecule has 0 atom stereocenters. The van der Waals surface area contributed by atoms with Gasteiger partial charge in [-0.15, -0.1) is 0 Å². The number of ether oxygens (including phenoxy) is 1. The molecule has 90 valence electrons. The van der Waals surface area contributed by atoms with E-state index in [1.165, 1.54) is 0 Å². The van der Waals surface area contributed by atoms with Crippen molar-refractivity contribution < 1.29 is 4.74 Å². The quantitative estimate of drug-likeness (QED) is 0.794. The van der Waals surface area contributed by atoms with Gasteiger partial charge in [-0.25, -0.2) is 4.98 Å². The van der Waals surface area contributed by atoms with Gasteiger partial charge in [0.2, 0.25) is 5.88 Å². The normalized spacial score (nSPS) is 17.6. The van der Waals surface area contributed by atoms with Crippen LogP contribution in [0, 0.1) is 17.2 Å². The van der Waals surface area contributed by atoms with Crippen molar-refractivity contribution in [2.45, 2.75) is 12.8 Å². The van der Waals surface area contributed by atoms with Crippen molar-refractivity contribution >= 4 is 0 Å². The van der Waals surface area contributed by atoms with Gasteiger partial charge in [0.05, 0.1) is 6.61 Å². The van der Waals surface area contributed by atoms with E-state index in [0.29, 0.717) is 24.0 Å². The van der Waals surface area contributed by atoms with E-state index < -0.39 is 0 Å². The van der Waals surface area contributed by atoms with Crippen molar-refractivity contribution in [1.29, 1.82) is 5.26 Å². The van der Waals surface area contributed by atoms with Crippen LogP contribution in [0.15, 0.2) is 18.3 Å². The van der Waals surface area contributed by atoms with Crippen molar-refractivity contribution in [3.05, 3.63) is 23.9 Å². The number of likely N-dealkylation sites (tertiary alicyclic amines) is 1. The van der Waals surface area contributed by atoms with Gasteiger partial charge in [0.15, 0.2) is 0 Å². The Balaban J connectivity index is 1.88. The molecule has 17 heavy (non-hydrogen) atoms. The van der Waals surface area contributed by atoms with Crippen LogP contribution in [0.1, 0.15) is 18.4 Å². The van der Waals surface area contributed by atoms with Gasteiger partial charge < -0.3 is 9.64 Å². The molecule has 1 saturated heterocycles. The summed E-state index contributed by atoms with van der Waals surface area (Å²) in [5, 5.41) is 8.91. The van der Waals surface area contributed by atoms with Crippen LogP contribution in [-0.2, 0) is 0 Å². The zero-order chi connectivity index (χ0) is 12.1. The van der Waals surface area contributed by atoms with E-state index in [1.54, 1.807) is 18.3 Å². The van der Waals surface area contributed by atoms with E-state index in [0.717, 1.165) is 25.9 Å². The maximum atomic E-state index is 8.91. The lowest BCUT2D eigenvalue weighted by Gasteiger charge is -2.28. The summed E-state index contributed by atoms with van der Waals surface area (Å²) in [7, 11) is 2.14. The first-order chi connectivity index (χ1) is 8.29. The molecule has 0 N–H and O–H groups in total. The summed E-state index contributed by atoms with van der Waals surface area (Å²) < 4.78 is 5.65. The SMILES string of the molecule is CN1CCC(COc2ncccc2C#N)CC1. The van der Waals surface area contributed by atoms with Gasteiger partial charge in [0.25, 0.3) is 0 Å². The van der Waals surface area contributed by atoms with Gasteiger partial charge in [-0.3, -0.25) is 0 Å². The third-order valence-corrected chi connectivity index (χ3v) is 3.19. The van der Waals surface area contributed by atoms with Crippen molar-refractivity contribution in [2.75, 3.05) is 26.7 Å². The molecule has 1 aromatic heterocycles. The molecule has 1 aliphatic heterocycles. The summed E-state index contributed by atoms with van der Waals surface area (Å²) in [6.45, 7) is 2.92. The maximum absolute atomic E-state index is 8.91. The molecule has 0 aliphatic carbocycles. The average molecular weight is 231 g/mol. The van der Waals surface area contributed by atoms with Crippen molar-refractivity contribution in [2.24, 2.45) is 5.92 Å².